The first-order valence-corrected chi connectivity index (χ1v) is 4.16. The molecule has 0 spiro atoms. The quantitative estimate of drug-likeness (QED) is 0.539. The van der Waals surface area contributed by atoms with Gasteiger partial charge in [-0.2, -0.15) is 0 Å². The van der Waals surface area contributed by atoms with Gasteiger partial charge in [-0.3, -0.25) is 4.79 Å². The molecule has 4 nitrogen and oxygen atoms in total. The van der Waals surface area contributed by atoms with E-state index in [2.05, 4.69) is 0 Å². The van der Waals surface area contributed by atoms with Crippen LogP contribution in [0, 0.1) is 0 Å². The fraction of sp³-hybridized carbons (Fsp3) is 0.200. The number of rotatable bonds is 4. The molecule has 0 aromatic heterocycles. The fourth-order valence-electron chi connectivity index (χ4n) is 1.14. The molecular weight excluding hydrogens is 182 g/mol. The molecule has 1 aromatic carbocycles. The fourth-order valence-corrected chi connectivity index (χ4v) is 1.14. The summed E-state index contributed by atoms with van der Waals surface area (Å²) in [7, 11) is 0. The molecule has 0 bridgehead atoms. The Morgan fingerprint density at radius 2 is 2.00 bits per heavy atom. The van der Waals surface area contributed by atoms with E-state index in [9.17, 15) is 9.59 Å². The van der Waals surface area contributed by atoms with E-state index in [1.807, 2.05) is 0 Å². The summed E-state index contributed by atoms with van der Waals surface area (Å²) in [5.74, 6) is -2.22. The maximum Gasteiger partial charge on any atom is 0.318 e. The zero-order valence-electron chi connectivity index (χ0n) is 7.51. The summed E-state index contributed by atoms with van der Waals surface area (Å²) in [6, 6.07) is 6.65. The maximum atomic E-state index is 10.6. The van der Waals surface area contributed by atoms with Crippen LogP contribution in [0.15, 0.2) is 24.3 Å². The van der Waals surface area contributed by atoms with Crippen molar-refractivity contribution in [2.75, 3.05) is 0 Å². The van der Waals surface area contributed by atoms with E-state index >= 15 is 0 Å². The smallest absolute Gasteiger partial charge is 0.318 e. The van der Waals surface area contributed by atoms with Gasteiger partial charge < -0.3 is 15.6 Å². The van der Waals surface area contributed by atoms with Gasteiger partial charge in [-0.05, 0) is 11.1 Å². The van der Waals surface area contributed by atoms with E-state index in [1.165, 1.54) is 0 Å². The lowest BCUT2D eigenvalue weighted by molar-refractivity contribution is -0.140. The SMILES string of the molecule is NCc1ccc(C(C=O)C(=O)O)cc1. The molecule has 1 aromatic rings. The molecule has 0 saturated carbocycles. The number of hydrogen-bond donors (Lipinski definition) is 2. The number of hydrogen-bond acceptors (Lipinski definition) is 3. The molecule has 4 heteroatoms. The molecule has 0 aliphatic heterocycles. The van der Waals surface area contributed by atoms with Crippen LogP contribution in [0.3, 0.4) is 0 Å². The molecule has 3 N–H and O–H groups in total. The van der Waals surface area contributed by atoms with E-state index < -0.39 is 11.9 Å². The lowest BCUT2D eigenvalue weighted by atomic mass is 10.00. The van der Waals surface area contributed by atoms with Gasteiger partial charge in [-0.15, -0.1) is 0 Å². The second-order valence-electron chi connectivity index (χ2n) is 2.90. The number of benzene rings is 1. The van der Waals surface area contributed by atoms with Crippen LogP contribution in [0.5, 0.6) is 0 Å². The van der Waals surface area contributed by atoms with Gasteiger partial charge in [0.1, 0.15) is 12.2 Å². The number of carboxylic acids is 1. The molecule has 0 heterocycles. The molecule has 0 amide bonds. The molecule has 0 aliphatic rings. The van der Waals surface area contributed by atoms with Gasteiger partial charge in [0.15, 0.2) is 0 Å². The van der Waals surface area contributed by atoms with Gasteiger partial charge in [0.25, 0.3) is 0 Å². The normalized spacial score (nSPS) is 12.1. The highest BCUT2D eigenvalue weighted by atomic mass is 16.4. The Hall–Kier alpha value is -1.68. The van der Waals surface area contributed by atoms with E-state index in [-0.39, 0.29) is 0 Å². The summed E-state index contributed by atoms with van der Waals surface area (Å²) < 4.78 is 0. The molecule has 1 atom stereocenters. The number of aldehydes is 1. The predicted molar refractivity (Wildman–Crippen MR) is 50.8 cm³/mol. The molecule has 1 rings (SSSR count). The summed E-state index contributed by atoms with van der Waals surface area (Å²) in [5.41, 5.74) is 6.77. The number of nitrogens with two attached hydrogens (primary N) is 1. The van der Waals surface area contributed by atoms with Crippen molar-refractivity contribution in [3.63, 3.8) is 0 Å². The second kappa shape index (κ2) is 4.53. The Morgan fingerprint density at radius 1 is 1.43 bits per heavy atom. The Morgan fingerprint density at radius 3 is 2.36 bits per heavy atom. The van der Waals surface area contributed by atoms with Crippen molar-refractivity contribution in [2.24, 2.45) is 5.73 Å². The summed E-state index contributed by atoms with van der Waals surface area (Å²) in [4.78, 5) is 21.1. The summed E-state index contributed by atoms with van der Waals surface area (Å²) in [5, 5.41) is 8.70. The molecule has 0 saturated heterocycles. The number of carboxylic acid groups (broad SMARTS) is 1. The zero-order chi connectivity index (χ0) is 10.6. The second-order valence-corrected chi connectivity index (χ2v) is 2.90. The van der Waals surface area contributed by atoms with Crippen molar-refractivity contribution < 1.29 is 14.7 Å². The highest BCUT2D eigenvalue weighted by molar-refractivity contribution is 5.92. The number of aliphatic carboxylic acids is 1. The average Bonchev–Trinajstić information content (AvgIpc) is 2.19. The van der Waals surface area contributed by atoms with Gasteiger partial charge in [0.05, 0.1) is 0 Å². The van der Waals surface area contributed by atoms with Gasteiger partial charge in [0, 0.05) is 6.54 Å². The Kier molecular flexibility index (Phi) is 3.36. The van der Waals surface area contributed by atoms with Crippen LogP contribution in [0.25, 0.3) is 0 Å². The van der Waals surface area contributed by atoms with Crippen molar-refractivity contribution in [1.29, 1.82) is 0 Å². The van der Waals surface area contributed by atoms with Crippen LogP contribution in [0.1, 0.15) is 17.0 Å². The minimum Gasteiger partial charge on any atom is -0.480 e. The molecule has 14 heavy (non-hydrogen) atoms. The first-order chi connectivity index (χ1) is 6.69. The van der Waals surface area contributed by atoms with E-state index in [0.29, 0.717) is 18.4 Å². The largest absolute Gasteiger partial charge is 0.480 e. The summed E-state index contributed by atoms with van der Waals surface area (Å²) in [6.07, 6.45) is 0.416. The Bertz CT molecular complexity index is 332. The molecule has 0 aliphatic carbocycles. The molecule has 0 radical (unpaired) electrons. The minimum atomic E-state index is -1.14. The zero-order valence-corrected chi connectivity index (χ0v) is 7.51. The van der Waals surface area contributed by atoms with E-state index in [1.54, 1.807) is 24.3 Å². The van der Waals surface area contributed by atoms with E-state index in [0.717, 1.165) is 5.56 Å². The van der Waals surface area contributed by atoms with Crippen molar-refractivity contribution in [3.8, 4) is 0 Å². The Labute approximate surface area is 81.3 Å². The van der Waals surface area contributed by atoms with Gasteiger partial charge in [-0.25, -0.2) is 0 Å². The van der Waals surface area contributed by atoms with Gasteiger partial charge >= 0.3 is 5.97 Å². The van der Waals surface area contributed by atoms with Gasteiger partial charge in [0.2, 0.25) is 0 Å². The van der Waals surface area contributed by atoms with Crippen molar-refractivity contribution in [1.82, 2.24) is 0 Å². The third kappa shape index (κ3) is 2.17. The summed E-state index contributed by atoms with van der Waals surface area (Å²) in [6.45, 7) is 0.402. The van der Waals surface area contributed by atoms with Crippen LogP contribution in [0.4, 0.5) is 0 Å². The standard InChI is InChI=1S/C10H11NO3/c11-5-7-1-3-8(4-2-7)9(6-12)10(13)14/h1-4,6,9H,5,11H2,(H,13,14). The van der Waals surface area contributed by atoms with Crippen molar-refractivity contribution >= 4 is 12.3 Å². The Balaban J connectivity index is 2.94. The topological polar surface area (TPSA) is 80.4 Å². The lowest BCUT2D eigenvalue weighted by Gasteiger charge is -2.05. The highest BCUT2D eigenvalue weighted by Gasteiger charge is 2.18. The number of carbonyl (C=O) groups excluding carboxylic acids is 1. The first-order valence-electron chi connectivity index (χ1n) is 4.16. The van der Waals surface area contributed by atoms with Crippen LogP contribution < -0.4 is 5.73 Å². The third-order valence-electron chi connectivity index (χ3n) is 1.98. The third-order valence-corrected chi connectivity index (χ3v) is 1.98. The molecule has 1 unspecified atom stereocenters. The van der Waals surface area contributed by atoms with Crippen LogP contribution in [-0.4, -0.2) is 17.4 Å². The van der Waals surface area contributed by atoms with Crippen molar-refractivity contribution in [3.05, 3.63) is 35.4 Å². The monoisotopic (exact) mass is 193 g/mol. The minimum absolute atomic E-state index is 0.402. The molecule has 74 valence electrons. The van der Waals surface area contributed by atoms with Gasteiger partial charge in [-0.1, -0.05) is 24.3 Å². The van der Waals surface area contributed by atoms with Crippen molar-refractivity contribution in [2.45, 2.75) is 12.5 Å². The predicted octanol–water partition coefficient (Wildman–Crippen LogP) is 0.512. The molecule has 0 fully saturated rings. The van der Waals surface area contributed by atoms with Crippen LogP contribution in [-0.2, 0) is 16.1 Å². The molecular formula is C10H11NO3. The van der Waals surface area contributed by atoms with Crippen LogP contribution in [0.2, 0.25) is 0 Å². The summed E-state index contributed by atoms with van der Waals surface area (Å²) >= 11 is 0. The maximum absolute atomic E-state index is 10.6. The van der Waals surface area contributed by atoms with Crippen LogP contribution >= 0.6 is 0 Å². The highest BCUT2D eigenvalue weighted by Crippen LogP contribution is 2.14. The lowest BCUT2D eigenvalue weighted by Crippen LogP contribution is -2.12. The number of carbonyl (C=O) groups is 2. The van der Waals surface area contributed by atoms with E-state index in [4.69, 9.17) is 10.8 Å². The first kappa shape index (κ1) is 10.4. The average molecular weight is 193 g/mol.